The molecule has 0 aliphatic rings. The van der Waals surface area contributed by atoms with Crippen LogP contribution in [0.1, 0.15) is 36.4 Å². The van der Waals surface area contributed by atoms with Gasteiger partial charge in [0.05, 0.1) is 0 Å². The summed E-state index contributed by atoms with van der Waals surface area (Å²) in [6, 6.07) is 9.50. The molecule has 0 fully saturated rings. The van der Waals surface area contributed by atoms with Crippen molar-refractivity contribution >= 4 is 18.3 Å². The number of rotatable bonds is 6. The number of aryl methyl sites for hydroxylation is 1. The van der Waals surface area contributed by atoms with E-state index in [1.807, 2.05) is 31.2 Å². The molecular weight excluding hydrogens is 314 g/mol. The molecule has 0 aliphatic carbocycles. The Bertz CT molecular complexity index is 623. The van der Waals surface area contributed by atoms with Gasteiger partial charge >= 0.3 is 0 Å². The lowest BCUT2D eigenvalue weighted by atomic mass is 10.0. The van der Waals surface area contributed by atoms with Gasteiger partial charge in [0.15, 0.2) is 0 Å². The van der Waals surface area contributed by atoms with Gasteiger partial charge in [-0.2, -0.15) is 0 Å². The van der Waals surface area contributed by atoms with Crippen LogP contribution in [0.5, 0.6) is 0 Å². The van der Waals surface area contributed by atoms with Crippen molar-refractivity contribution in [3.05, 3.63) is 41.7 Å². The zero-order chi connectivity index (χ0) is 16.1. The van der Waals surface area contributed by atoms with Crippen molar-refractivity contribution in [3.63, 3.8) is 0 Å². The van der Waals surface area contributed by atoms with Crippen LogP contribution in [0.4, 0.5) is 0 Å². The number of halogens is 1. The van der Waals surface area contributed by atoms with Crippen LogP contribution in [0.2, 0.25) is 0 Å². The normalized spacial score (nSPS) is 11.9. The summed E-state index contributed by atoms with van der Waals surface area (Å²) < 4.78 is 5.16. The van der Waals surface area contributed by atoms with E-state index in [-0.39, 0.29) is 30.1 Å². The first-order valence-corrected chi connectivity index (χ1v) is 7.54. The number of nitrogens with zero attached hydrogens (tertiary/aromatic N) is 1. The average Bonchev–Trinajstić information content (AvgIpc) is 2.96. The summed E-state index contributed by atoms with van der Waals surface area (Å²) in [5, 5.41) is 6.85. The minimum absolute atomic E-state index is 0. The standard InChI is InChI=1S/C17H23N3O2.ClH/c1-11(2)8-14(10-18)19-17(21)16-9-15(20-22-16)13-6-4-12(3)5-7-13;/h4-7,9,11,14H,8,10,18H2,1-3H3,(H,19,21);1H. The highest BCUT2D eigenvalue weighted by Crippen LogP contribution is 2.19. The van der Waals surface area contributed by atoms with Crippen LogP contribution in [-0.4, -0.2) is 23.7 Å². The predicted molar refractivity (Wildman–Crippen MR) is 93.7 cm³/mol. The van der Waals surface area contributed by atoms with Gasteiger partial charge in [0.25, 0.3) is 5.91 Å². The largest absolute Gasteiger partial charge is 0.350 e. The van der Waals surface area contributed by atoms with Gasteiger partial charge in [-0.05, 0) is 19.3 Å². The van der Waals surface area contributed by atoms with Crippen LogP contribution < -0.4 is 11.1 Å². The molecule has 23 heavy (non-hydrogen) atoms. The van der Waals surface area contributed by atoms with Gasteiger partial charge in [0, 0.05) is 24.2 Å². The van der Waals surface area contributed by atoms with E-state index in [1.165, 1.54) is 5.56 Å². The van der Waals surface area contributed by atoms with E-state index in [2.05, 4.69) is 24.3 Å². The number of carbonyl (C=O) groups excluding carboxylic acids is 1. The summed E-state index contributed by atoms with van der Waals surface area (Å²) in [7, 11) is 0. The van der Waals surface area contributed by atoms with E-state index in [1.54, 1.807) is 6.07 Å². The Hall–Kier alpha value is -1.85. The predicted octanol–water partition coefficient (Wildman–Crippen LogP) is 3.18. The van der Waals surface area contributed by atoms with E-state index in [0.29, 0.717) is 18.2 Å². The van der Waals surface area contributed by atoms with E-state index in [4.69, 9.17) is 10.3 Å². The summed E-state index contributed by atoms with van der Waals surface area (Å²) >= 11 is 0. The molecule has 5 nitrogen and oxygen atoms in total. The van der Waals surface area contributed by atoms with Crippen molar-refractivity contribution in [2.75, 3.05) is 6.54 Å². The number of amides is 1. The Morgan fingerprint density at radius 2 is 1.96 bits per heavy atom. The smallest absolute Gasteiger partial charge is 0.290 e. The molecule has 2 rings (SSSR count). The van der Waals surface area contributed by atoms with E-state index in [9.17, 15) is 4.79 Å². The van der Waals surface area contributed by atoms with Gasteiger partial charge in [-0.25, -0.2) is 0 Å². The zero-order valence-electron chi connectivity index (χ0n) is 13.7. The number of hydrogen-bond donors (Lipinski definition) is 2. The van der Waals surface area contributed by atoms with E-state index >= 15 is 0 Å². The molecule has 3 N–H and O–H groups in total. The van der Waals surface area contributed by atoms with Crippen molar-refractivity contribution in [3.8, 4) is 11.3 Å². The molecule has 2 aromatic rings. The fraction of sp³-hybridized carbons (Fsp3) is 0.412. The highest BCUT2D eigenvalue weighted by atomic mass is 35.5. The van der Waals surface area contributed by atoms with Crippen molar-refractivity contribution in [1.82, 2.24) is 10.5 Å². The quantitative estimate of drug-likeness (QED) is 0.848. The van der Waals surface area contributed by atoms with Gasteiger partial charge in [-0.1, -0.05) is 48.8 Å². The fourth-order valence-corrected chi connectivity index (χ4v) is 2.28. The molecule has 1 atom stereocenters. The number of benzene rings is 1. The molecule has 1 aromatic carbocycles. The van der Waals surface area contributed by atoms with Crippen molar-refractivity contribution in [2.45, 2.75) is 33.2 Å². The lowest BCUT2D eigenvalue weighted by Gasteiger charge is -2.17. The van der Waals surface area contributed by atoms with E-state index < -0.39 is 0 Å². The van der Waals surface area contributed by atoms with Crippen LogP contribution in [0, 0.1) is 12.8 Å². The molecule has 0 bridgehead atoms. The Labute approximate surface area is 143 Å². The maximum absolute atomic E-state index is 12.2. The maximum Gasteiger partial charge on any atom is 0.290 e. The summed E-state index contributed by atoms with van der Waals surface area (Å²) in [6.45, 7) is 6.62. The van der Waals surface area contributed by atoms with Crippen molar-refractivity contribution in [1.29, 1.82) is 0 Å². The molecule has 0 radical (unpaired) electrons. The maximum atomic E-state index is 12.2. The third-order valence-corrected chi connectivity index (χ3v) is 3.46. The number of aromatic nitrogens is 1. The van der Waals surface area contributed by atoms with Crippen LogP contribution >= 0.6 is 12.4 Å². The number of carbonyl (C=O) groups is 1. The first kappa shape index (κ1) is 19.2. The Kier molecular flexibility index (Phi) is 7.26. The Morgan fingerprint density at radius 3 is 2.52 bits per heavy atom. The van der Waals surface area contributed by atoms with Crippen molar-refractivity contribution in [2.24, 2.45) is 11.7 Å². The zero-order valence-corrected chi connectivity index (χ0v) is 14.5. The second-order valence-corrected chi connectivity index (χ2v) is 5.98. The minimum Gasteiger partial charge on any atom is -0.350 e. The second kappa shape index (κ2) is 8.70. The first-order chi connectivity index (χ1) is 10.5. The lowest BCUT2D eigenvalue weighted by molar-refractivity contribution is 0.0896. The third kappa shape index (κ3) is 5.37. The molecule has 126 valence electrons. The third-order valence-electron chi connectivity index (χ3n) is 3.46. The average molecular weight is 338 g/mol. The van der Waals surface area contributed by atoms with Gasteiger partial charge in [-0.15, -0.1) is 12.4 Å². The first-order valence-electron chi connectivity index (χ1n) is 7.54. The van der Waals surface area contributed by atoms with Crippen LogP contribution in [0.25, 0.3) is 11.3 Å². The van der Waals surface area contributed by atoms with E-state index in [0.717, 1.165) is 12.0 Å². The molecule has 1 amide bonds. The number of hydrogen-bond acceptors (Lipinski definition) is 4. The molecule has 1 heterocycles. The molecule has 1 aromatic heterocycles. The highest BCUT2D eigenvalue weighted by molar-refractivity contribution is 5.92. The lowest BCUT2D eigenvalue weighted by Crippen LogP contribution is -2.40. The molecule has 0 aliphatic heterocycles. The number of nitrogens with one attached hydrogen (secondary N) is 1. The minimum atomic E-state index is -0.276. The molecule has 0 spiro atoms. The molecular formula is C17H24ClN3O2. The summed E-state index contributed by atoms with van der Waals surface area (Å²) in [6.07, 6.45) is 0.835. The Morgan fingerprint density at radius 1 is 1.30 bits per heavy atom. The van der Waals surface area contributed by atoms with Crippen molar-refractivity contribution < 1.29 is 9.32 Å². The summed E-state index contributed by atoms with van der Waals surface area (Å²) in [5.41, 5.74) is 8.44. The van der Waals surface area contributed by atoms with Gasteiger partial charge < -0.3 is 15.6 Å². The topological polar surface area (TPSA) is 81.2 Å². The van der Waals surface area contributed by atoms with Gasteiger partial charge in [0.2, 0.25) is 5.76 Å². The fourth-order valence-electron chi connectivity index (χ4n) is 2.28. The second-order valence-electron chi connectivity index (χ2n) is 5.98. The van der Waals surface area contributed by atoms with Gasteiger partial charge in [-0.3, -0.25) is 4.79 Å². The highest BCUT2D eigenvalue weighted by Gasteiger charge is 2.18. The Balaban J connectivity index is 0.00000264. The number of nitrogens with two attached hydrogens (primary N) is 1. The summed E-state index contributed by atoms with van der Waals surface area (Å²) in [5.74, 6) is 0.395. The molecule has 6 heteroatoms. The monoisotopic (exact) mass is 337 g/mol. The van der Waals surface area contributed by atoms with Crippen LogP contribution in [0.15, 0.2) is 34.9 Å². The van der Waals surface area contributed by atoms with Crippen LogP contribution in [-0.2, 0) is 0 Å². The SMILES string of the molecule is Cc1ccc(-c2cc(C(=O)NC(CN)CC(C)C)on2)cc1.Cl. The van der Waals surface area contributed by atoms with Gasteiger partial charge in [0.1, 0.15) is 5.69 Å². The molecule has 0 saturated heterocycles. The van der Waals surface area contributed by atoms with Crippen LogP contribution in [0.3, 0.4) is 0 Å². The summed E-state index contributed by atoms with van der Waals surface area (Å²) in [4.78, 5) is 12.2. The molecule has 1 unspecified atom stereocenters. The molecule has 0 saturated carbocycles.